The van der Waals surface area contributed by atoms with E-state index < -0.39 is 11.2 Å². The monoisotopic (exact) mass is 349 g/mol. The van der Waals surface area contributed by atoms with Crippen molar-refractivity contribution in [3.05, 3.63) is 28.3 Å². The third-order valence-corrected chi connectivity index (χ3v) is 4.27. The Morgan fingerprint density at radius 2 is 1.92 bits per heavy atom. The van der Waals surface area contributed by atoms with E-state index in [1.165, 1.54) is 36.9 Å². The summed E-state index contributed by atoms with van der Waals surface area (Å²) in [7, 11) is 1.54. The first-order valence-corrected chi connectivity index (χ1v) is 7.93. The minimum Gasteiger partial charge on any atom is -0.352 e. The van der Waals surface area contributed by atoms with Crippen molar-refractivity contribution in [2.45, 2.75) is 40.2 Å². The molecule has 0 bridgehead atoms. The summed E-state index contributed by atoms with van der Waals surface area (Å²) in [6.07, 6.45) is 4.32. The number of nitrogens with two attached hydrogens (primary N) is 1. The number of nitrogens with one attached hydrogen (secondary N) is 2. The summed E-state index contributed by atoms with van der Waals surface area (Å²) < 4.78 is 1.27. The fraction of sp³-hybridized carbons (Fsp3) is 0.529. The molecule has 0 aliphatic carbocycles. The lowest BCUT2D eigenvalue weighted by Crippen LogP contribution is -2.52. The summed E-state index contributed by atoms with van der Waals surface area (Å²) in [5.74, 6) is -0.546. The number of rotatable bonds is 6. The average molecular weight is 349 g/mol. The Labute approximate surface area is 147 Å². The number of hydrogen-bond donors (Lipinski definition) is 3. The first-order chi connectivity index (χ1) is 11.3. The molecule has 25 heavy (non-hydrogen) atoms. The molecule has 0 radical (unpaired) electrons. The maximum Gasteiger partial charge on any atom is 0.349 e. The molecule has 1 rings (SSSR count). The molecule has 0 aromatic carbocycles. The van der Waals surface area contributed by atoms with Gasteiger partial charge in [-0.3, -0.25) is 9.59 Å². The molecule has 1 aromatic rings. The van der Waals surface area contributed by atoms with E-state index in [2.05, 4.69) is 15.6 Å². The normalized spacial score (nSPS) is 12.3. The standard InChI is InChI=1S/C17H27N5O3/c1-11(23)20-14-12(9-22(6)15(25)21-14)7-8-13(24)19-10-16(2,3)17(4,5)18/h7-9H,10,18H2,1-6H3,(H,19,24)(H,20,21,23,25)/b8-7+. The largest absolute Gasteiger partial charge is 0.352 e. The maximum absolute atomic E-state index is 12.1. The summed E-state index contributed by atoms with van der Waals surface area (Å²) in [6.45, 7) is 9.49. The van der Waals surface area contributed by atoms with Crippen LogP contribution >= 0.6 is 0 Å². The van der Waals surface area contributed by atoms with Gasteiger partial charge in [-0.1, -0.05) is 13.8 Å². The molecule has 138 valence electrons. The molecule has 0 saturated carbocycles. The van der Waals surface area contributed by atoms with Crippen molar-refractivity contribution >= 4 is 23.7 Å². The number of hydrogen-bond acceptors (Lipinski definition) is 5. The number of amides is 2. The summed E-state index contributed by atoms with van der Waals surface area (Å²) in [4.78, 5) is 38.7. The molecule has 0 fully saturated rings. The maximum atomic E-state index is 12.1. The van der Waals surface area contributed by atoms with Crippen LogP contribution in [0.25, 0.3) is 6.08 Å². The molecule has 0 unspecified atom stereocenters. The van der Waals surface area contributed by atoms with E-state index in [4.69, 9.17) is 5.73 Å². The van der Waals surface area contributed by atoms with Gasteiger partial charge in [0, 0.05) is 43.9 Å². The van der Waals surface area contributed by atoms with Crippen LogP contribution in [0.2, 0.25) is 0 Å². The van der Waals surface area contributed by atoms with Crippen molar-refractivity contribution < 1.29 is 9.59 Å². The van der Waals surface area contributed by atoms with Crippen LogP contribution in [-0.4, -0.2) is 33.4 Å². The summed E-state index contributed by atoms with van der Waals surface area (Å²) in [5, 5.41) is 5.28. The fourth-order valence-electron chi connectivity index (χ4n) is 1.71. The third-order valence-electron chi connectivity index (χ3n) is 4.27. The smallest absolute Gasteiger partial charge is 0.349 e. The van der Waals surface area contributed by atoms with Crippen molar-refractivity contribution in [2.24, 2.45) is 18.2 Å². The second-order valence-electron chi connectivity index (χ2n) is 7.28. The van der Waals surface area contributed by atoms with Gasteiger partial charge in [0.25, 0.3) is 0 Å². The Hall–Kier alpha value is -2.48. The highest BCUT2D eigenvalue weighted by Crippen LogP contribution is 2.26. The molecule has 0 aliphatic rings. The van der Waals surface area contributed by atoms with E-state index in [1.807, 2.05) is 27.7 Å². The highest BCUT2D eigenvalue weighted by molar-refractivity contribution is 5.94. The molecule has 4 N–H and O–H groups in total. The van der Waals surface area contributed by atoms with E-state index >= 15 is 0 Å². The van der Waals surface area contributed by atoms with Crippen molar-refractivity contribution in [1.82, 2.24) is 14.9 Å². The Balaban J connectivity index is 2.91. The van der Waals surface area contributed by atoms with Crippen molar-refractivity contribution in [2.75, 3.05) is 11.9 Å². The van der Waals surface area contributed by atoms with Gasteiger partial charge in [-0.15, -0.1) is 0 Å². The summed E-state index contributed by atoms with van der Waals surface area (Å²) in [6, 6.07) is 0. The average Bonchev–Trinajstić information content (AvgIpc) is 2.45. The number of carbonyl (C=O) groups is 2. The molecular formula is C17H27N5O3. The van der Waals surface area contributed by atoms with Crippen LogP contribution in [0, 0.1) is 5.41 Å². The molecule has 1 aromatic heterocycles. The number of carbonyl (C=O) groups excluding carboxylic acids is 2. The van der Waals surface area contributed by atoms with Gasteiger partial charge in [0.2, 0.25) is 11.8 Å². The van der Waals surface area contributed by atoms with Gasteiger partial charge in [-0.05, 0) is 25.3 Å². The molecule has 0 spiro atoms. The molecule has 2 amide bonds. The Morgan fingerprint density at radius 1 is 1.32 bits per heavy atom. The predicted molar refractivity (Wildman–Crippen MR) is 97.9 cm³/mol. The van der Waals surface area contributed by atoms with E-state index in [-0.39, 0.29) is 23.0 Å². The van der Waals surface area contributed by atoms with Crippen LogP contribution in [0.1, 0.15) is 40.2 Å². The second-order valence-corrected chi connectivity index (χ2v) is 7.28. The van der Waals surface area contributed by atoms with Crippen molar-refractivity contribution in [3.8, 4) is 0 Å². The summed E-state index contributed by atoms with van der Waals surface area (Å²) >= 11 is 0. The third kappa shape index (κ3) is 5.82. The number of anilines is 1. The Kier molecular flexibility index (Phi) is 6.26. The quantitative estimate of drug-likeness (QED) is 0.651. The second kappa shape index (κ2) is 7.60. The van der Waals surface area contributed by atoms with Crippen LogP contribution in [0.4, 0.5) is 5.82 Å². The molecule has 0 aliphatic heterocycles. The van der Waals surface area contributed by atoms with Gasteiger partial charge in [0.15, 0.2) is 0 Å². The van der Waals surface area contributed by atoms with E-state index in [1.54, 1.807) is 0 Å². The summed E-state index contributed by atoms with van der Waals surface area (Å²) in [5.41, 5.74) is 5.31. The fourth-order valence-corrected chi connectivity index (χ4v) is 1.71. The van der Waals surface area contributed by atoms with E-state index in [0.717, 1.165) is 0 Å². The first-order valence-electron chi connectivity index (χ1n) is 7.93. The van der Waals surface area contributed by atoms with E-state index in [9.17, 15) is 14.4 Å². The molecule has 0 saturated heterocycles. The van der Waals surface area contributed by atoms with Gasteiger partial charge >= 0.3 is 5.69 Å². The van der Waals surface area contributed by atoms with Crippen LogP contribution < -0.4 is 22.1 Å². The van der Waals surface area contributed by atoms with Crippen LogP contribution in [0.15, 0.2) is 17.1 Å². The molecule has 0 atom stereocenters. The minimum atomic E-state index is -0.503. The van der Waals surface area contributed by atoms with Gasteiger partial charge < -0.3 is 20.9 Å². The predicted octanol–water partition coefficient (Wildman–Crippen LogP) is 0.632. The zero-order chi connectivity index (χ0) is 19.4. The highest BCUT2D eigenvalue weighted by atomic mass is 16.2. The van der Waals surface area contributed by atoms with Crippen LogP contribution in [0.3, 0.4) is 0 Å². The lowest BCUT2D eigenvalue weighted by molar-refractivity contribution is -0.117. The molecule has 1 heterocycles. The molecule has 8 heteroatoms. The lowest BCUT2D eigenvalue weighted by atomic mass is 9.75. The van der Waals surface area contributed by atoms with Crippen molar-refractivity contribution in [1.29, 1.82) is 0 Å². The highest BCUT2D eigenvalue weighted by Gasteiger charge is 2.33. The van der Waals surface area contributed by atoms with Crippen molar-refractivity contribution in [3.63, 3.8) is 0 Å². The Bertz CT molecular complexity index is 742. The first kappa shape index (κ1) is 20.6. The van der Waals surface area contributed by atoms with Gasteiger partial charge in [-0.2, -0.15) is 4.98 Å². The molecular weight excluding hydrogens is 322 g/mol. The zero-order valence-corrected chi connectivity index (χ0v) is 15.6. The topological polar surface area (TPSA) is 119 Å². The van der Waals surface area contributed by atoms with Gasteiger partial charge in [0.05, 0.1) is 0 Å². The van der Waals surface area contributed by atoms with Gasteiger partial charge in [0.1, 0.15) is 5.82 Å². The SMILES string of the molecule is CC(=O)Nc1nc(=O)n(C)cc1/C=C/C(=O)NCC(C)(C)C(C)(C)N. The lowest BCUT2D eigenvalue weighted by Gasteiger charge is -2.38. The Morgan fingerprint density at radius 3 is 2.44 bits per heavy atom. The minimum absolute atomic E-state index is 0.114. The van der Waals surface area contributed by atoms with Gasteiger partial charge in [-0.25, -0.2) is 4.79 Å². The van der Waals surface area contributed by atoms with Crippen LogP contribution in [-0.2, 0) is 16.6 Å². The zero-order valence-electron chi connectivity index (χ0n) is 15.6. The van der Waals surface area contributed by atoms with Crippen LogP contribution in [0.5, 0.6) is 0 Å². The number of aryl methyl sites for hydroxylation is 1. The number of nitrogens with zero attached hydrogens (tertiary/aromatic N) is 2. The number of aromatic nitrogens is 2. The molecule has 8 nitrogen and oxygen atoms in total. The van der Waals surface area contributed by atoms with E-state index in [0.29, 0.717) is 12.1 Å².